The molecule has 2 nitrogen and oxygen atoms in total. The predicted octanol–water partition coefficient (Wildman–Crippen LogP) is 2.85. The molecule has 0 unspecified atom stereocenters. The van der Waals surface area contributed by atoms with Crippen LogP contribution in [-0.2, 0) is 0 Å². The number of nitrogens with two attached hydrogens (primary N) is 1. The van der Waals surface area contributed by atoms with Crippen molar-refractivity contribution in [3.05, 3.63) is 23.3 Å². The molecule has 1 saturated carbocycles. The van der Waals surface area contributed by atoms with Crippen LogP contribution in [0.1, 0.15) is 24.0 Å². The summed E-state index contributed by atoms with van der Waals surface area (Å²) in [5, 5.41) is 0. The van der Waals surface area contributed by atoms with E-state index in [1.807, 2.05) is 0 Å². The maximum absolute atomic E-state index is 6.10. The first kappa shape index (κ1) is 10.8. The zero-order valence-corrected chi connectivity index (χ0v) is 10.3. The lowest BCUT2D eigenvalue weighted by Crippen LogP contribution is -2.16. The van der Waals surface area contributed by atoms with E-state index in [0.29, 0.717) is 0 Å². The molecule has 1 aromatic rings. The number of benzene rings is 1. The third kappa shape index (κ3) is 2.29. The van der Waals surface area contributed by atoms with Crippen molar-refractivity contribution in [2.75, 3.05) is 7.11 Å². The molecule has 0 atom stereocenters. The average molecular weight is 223 g/mol. The lowest BCUT2D eigenvalue weighted by Gasteiger charge is -2.14. The summed E-state index contributed by atoms with van der Waals surface area (Å²) in [7, 11) is 1.71. The predicted molar refractivity (Wildman–Crippen MR) is 64.5 cm³/mol. The second-order valence-corrected chi connectivity index (χ2v) is 5.71. The van der Waals surface area contributed by atoms with Gasteiger partial charge in [-0.1, -0.05) is 0 Å². The fourth-order valence-corrected chi connectivity index (χ4v) is 2.74. The van der Waals surface area contributed by atoms with Crippen molar-refractivity contribution in [2.24, 2.45) is 5.73 Å². The van der Waals surface area contributed by atoms with Crippen LogP contribution < -0.4 is 10.5 Å². The molecule has 3 heteroatoms. The van der Waals surface area contributed by atoms with Crippen LogP contribution in [0.5, 0.6) is 5.75 Å². The highest BCUT2D eigenvalue weighted by Gasteiger charge is 2.39. The number of rotatable bonds is 3. The van der Waals surface area contributed by atoms with E-state index in [1.54, 1.807) is 18.9 Å². The van der Waals surface area contributed by atoms with Gasteiger partial charge in [0.2, 0.25) is 0 Å². The Morgan fingerprint density at radius 2 is 1.93 bits per heavy atom. The van der Waals surface area contributed by atoms with Gasteiger partial charge in [0.15, 0.2) is 0 Å². The number of methoxy groups -OCH3 is 1. The third-order valence-corrected chi connectivity index (χ3v) is 4.22. The fraction of sp³-hybridized carbons (Fsp3) is 0.500. The molecule has 1 aliphatic rings. The molecule has 0 amide bonds. The van der Waals surface area contributed by atoms with Crippen molar-refractivity contribution in [1.82, 2.24) is 0 Å². The normalized spacial score (nSPS) is 17.6. The number of ether oxygens (including phenoxy) is 1. The highest BCUT2D eigenvalue weighted by molar-refractivity contribution is 8.01. The van der Waals surface area contributed by atoms with Gasteiger partial charge in [-0.05, 0) is 49.9 Å². The quantitative estimate of drug-likeness (QED) is 0.800. The maximum atomic E-state index is 6.10. The van der Waals surface area contributed by atoms with Crippen molar-refractivity contribution in [3.8, 4) is 5.75 Å². The van der Waals surface area contributed by atoms with Crippen LogP contribution in [0.3, 0.4) is 0 Å². The summed E-state index contributed by atoms with van der Waals surface area (Å²) in [5.74, 6) is 0.957. The highest BCUT2D eigenvalue weighted by Crippen LogP contribution is 2.48. The van der Waals surface area contributed by atoms with Crippen molar-refractivity contribution in [3.63, 3.8) is 0 Å². The fourth-order valence-electron chi connectivity index (χ4n) is 1.54. The second-order valence-electron chi connectivity index (χ2n) is 4.25. The topological polar surface area (TPSA) is 35.2 Å². The van der Waals surface area contributed by atoms with Crippen molar-refractivity contribution in [1.29, 1.82) is 0 Å². The summed E-state index contributed by atoms with van der Waals surface area (Å²) in [6.45, 7) is 4.18. The van der Waals surface area contributed by atoms with Gasteiger partial charge < -0.3 is 10.5 Å². The summed E-state index contributed by atoms with van der Waals surface area (Å²) >= 11 is 1.79. The summed E-state index contributed by atoms with van der Waals surface area (Å²) in [5.41, 5.74) is 8.52. The Labute approximate surface area is 95.2 Å². The number of aryl methyl sites for hydroxylation is 2. The van der Waals surface area contributed by atoms with Crippen LogP contribution in [-0.4, -0.2) is 12.0 Å². The SMILES string of the molecule is COc1cc(C)c(SC2(N)CC2)cc1C. The number of hydrogen-bond donors (Lipinski definition) is 1. The van der Waals surface area contributed by atoms with Crippen LogP contribution in [0.4, 0.5) is 0 Å². The van der Waals surface area contributed by atoms with Gasteiger partial charge in [-0.25, -0.2) is 0 Å². The highest BCUT2D eigenvalue weighted by atomic mass is 32.2. The van der Waals surface area contributed by atoms with E-state index in [-0.39, 0.29) is 4.87 Å². The molecule has 1 aliphatic carbocycles. The summed E-state index contributed by atoms with van der Waals surface area (Å²) in [6.07, 6.45) is 2.25. The molecule has 82 valence electrons. The average Bonchev–Trinajstić information content (AvgIpc) is 2.89. The van der Waals surface area contributed by atoms with E-state index < -0.39 is 0 Å². The molecule has 2 rings (SSSR count). The van der Waals surface area contributed by atoms with E-state index in [4.69, 9.17) is 10.5 Å². The Morgan fingerprint density at radius 3 is 2.47 bits per heavy atom. The maximum Gasteiger partial charge on any atom is 0.122 e. The van der Waals surface area contributed by atoms with Gasteiger partial charge in [-0.2, -0.15) is 0 Å². The molecule has 0 bridgehead atoms. The Bertz CT molecular complexity index is 385. The lowest BCUT2D eigenvalue weighted by molar-refractivity contribution is 0.411. The van der Waals surface area contributed by atoms with Crippen molar-refractivity contribution in [2.45, 2.75) is 36.5 Å². The van der Waals surface area contributed by atoms with E-state index in [1.165, 1.54) is 16.0 Å². The summed E-state index contributed by atoms with van der Waals surface area (Å²) in [4.78, 5) is 1.29. The Balaban J connectivity index is 2.28. The molecule has 0 spiro atoms. The van der Waals surface area contributed by atoms with Crippen LogP contribution in [0.15, 0.2) is 17.0 Å². The minimum absolute atomic E-state index is 0.00574. The molecule has 0 aromatic heterocycles. The van der Waals surface area contributed by atoms with Crippen LogP contribution in [0, 0.1) is 13.8 Å². The van der Waals surface area contributed by atoms with Gasteiger partial charge in [0.05, 0.1) is 12.0 Å². The molecule has 1 aromatic carbocycles. The van der Waals surface area contributed by atoms with Crippen LogP contribution >= 0.6 is 11.8 Å². The zero-order valence-electron chi connectivity index (χ0n) is 9.46. The molecule has 1 fully saturated rings. The standard InChI is InChI=1S/C12H17NOS/c1-8-7-11(15-12(13)4-5-12)9(2)6-10(8)14-3/h6-7H,4-5,13H2,1-3H3. The largest absolute Gasteiger partial charge is 0.496 e. The summed E-state index contributed by atoms with van der Waals surface area (Å²) in [6, 6.07) is 4.26. The van der Waals surface area contributed by atoms with Gasteiger partial charge in [0.25, 0.3) is 0 Å². The Kier molecular flexibility index (Phi) is 2.69. The number of hydrogen-bond acceptors (Lipinski definition) is 3. The molecule has 15 heavy (non-hydrogen) atoms. The van der Waals surface area contributed by atoms with E-state index >= 15 is 0 Å². The van der Waals surface area contributed by atoms with Gasteiger partial charge in [-0.3, -0.25) is 0 Å². The van der Waals surface area contributed by atoms with Crippen molar-refractivity contribution < 1.29 is 4.74 Å². The zero-order chi connectivity index (χ0) is 11.1. The minimum Gasteiger partial charge on any atom is -0.496 e. The number of thioether (sulfide) groups is 1. The van der Waals surface area contributed by atoms with Gasteiger partial charge in [0, 0.05) is 4.90 Å². The molecular formula is C12H17NOS. The molecule has 0 radical (unpaired) electrons. The van der Waals surface area contributed by atoms with Gasteiger partial charge in [0.1, 0.15) is 5.75 Å². The molecular weight excluding hydrogens is 206 g/mol. The lowest BCUT2D eigenvalue weighted by atomic mass is 10.1. The molecule has 0 heterocycles. The Hall–Kier alpha value is -0.670. The second kappa shape index (κ2) is 3.72. The van der Waals surface area contributed by atoms with Crippen molar-refractivity contribution >= 4 is 11.8 Å². The van der Waals surface area contributed by atoms with E-state index in [9.17, 15) is 0 Å². The van der Waals surface area contributed by atoms with E-state index in [0.717, 1.165) is 18.6 Å². The first-order valence-corrected chi connectivity index (χ1v) is 5.99. The first-order valence-electron chi connectivity index (χ1n) is 5.17. The monoisotopic (exact) mass is 223 g/mol. The third-order valence-electron chi connectivity index (χ3n) is 2.75. The smallest absolute Gasteiger partial charge is 0.122 e. The first-order chi connectivity index (χ1) is 7.04. The van der Waals surface area contributed by atoms with Gasteiger partial charge in [-0.15, -0.1) is 11.8 Å². The minimum atomic E-state index is 0.00574. The summed E-state index contributed by atoms with van der Waals surface area (Å²) < 4.78 is 5.29. The molecule has 0 saturated heterocycles. The van der Waals surface area contributed by atoms with Crippen LogP contribution in [0.25, 0.3) is 0 Å². The van der Waals surface area contributed by atoms with Crippen LogP contribution in [0.2, 0.25) is 0 Å². The van der Waals surface area contributed by atoms with E-state index in [2.05, 4.69) is 26.0 Å². The molecule has 0 aliphatic heterocycles. The van der Waals surface area contributed by atoms with Gasteiger partial charge >= 0.3 is 0 Å². The molecule has 2 N–H and O–H groups in total. The Morgan fingerprint density at radius 1 is 1.27 bits per heavy atom.